The first-order chi connectivity index (χ1) is 34.6. The first kappa shape index (κ1) is 68.5. The number of hydrogen-bond acceptors (Lipinski definition) is 12. The van der Waals surface area contributed by atoms with Gasteiger partial charge in [0.05, 0.1) is 0 Å². The Morgan fingerprint density at radius 2 is 0.282 bits per heavy atom. The predicted octanol–water partition coefficient (Wildman–Crippen LogP) is 18.3. The molecular formula is C54H102O12Si12. The third-order valence-electron chi connectivity index (χ3n) is 10.1. The van der Waals surface area contributed by atoms with E-state index in [2.05, 4.69) is 251 Å². The molecule has 0 saturated carbocycles. The highest BCUT2D eigenvalue weighted by molar-refractivity contribution is 6.84. The predicted molar refractivity (Wildman–Crippen MR) is 358 cm³/mol. The lowest BCUT2D eigenvalue weighted by Crippen LogP contribution is -2.47. The maximum atomic E-state index is 6.98. The van der Waals surface area contributed by atoms with Gasteiger partial charge in [0.25, 0.3) is 0 Å². The Bertz CT molecular complexity index is 2250. The van der Waals surface area contributed by atoms with Crippen LogP contribution in [0.1, 0.15) is 0 Å². The highest BCUT2D eigenvalue weighted by Gasteiger charge is 2.39. The lowest BCUT2D eigenvalue weighted by Gasteiger charge is -2.33. The SMILES string of the molecule is C[Si](C)(C)O[Si](C)(C)Oc1cc(O[Si](C)(C)O[Si](C)(C)C)cc(-c2cc(-c3cc(O[Si](C)(C)O[Si](C)(C)C)cc(O[Si](C)(C)O[Si](C)(C)C)c3)cc(-c3cc(O[Si](C)(C)O[Si](C)(C)C)cc(O[Si](C)(C)O[Si](C)(C)C)c3)c2)c1. The fraction of sp³-hybridized carbons (Fsp3) is 0.556. The van der Waals surface area contributed by atoms with Gasteiger partial charge in [-0.25, -0.2) is 0 Å². The van der Waals surface area contributed by atoms with Crippen molar-refractivity contribution in [2.24, 2.45) is 0 Å². The van der Waals surface area contributed by atoms with E-state index in [0.29, 0.717) is 34.5 Å². The molecule has 0 atom stereocenters. The summed E-state index contributed by atoms with van der Waals surface area (Å²) in [6, 6.07) is 25.4. The lowest BCUT2D eigenvalue weighted by atomic mass is 9.93. The molecule has 4 aromatic carbocycles. The summed E-state index contributed by atoms with van der Waals surface area (Å²) in [5, 5.41) is 0. The Kier molecular flexibility index (Phi) is 21.4. The Labute approximate surface area is 486 Å². The Morgan fingerprint density at radius 3 is 0.397 bits per heavy atom. The van der Waals surface area contributed by atoms with Crippen molar-refractivity contribution in [1.82, 2.24) is 0 Å². The van der Waals surface area contributed by atoms with Crippen molar-refractivity contribution in [3.05, 3.63) is 72.8 Å². The number of rotatable bonds is 27. The van der Waals surface area contributed by atoms with Crippen LogP contribution in [0, 0.1) is 0 Å². The lowest BCUT2D eigenvalue weighted by molar-refractivity contribution is 0.385. The molecule has 0 amide bonds. The van der Waals surface area contributed by atoms with Crippen LogP contribution < -0.4 is 26.6 Å². The van der Waals surface area contributed by atoms with Gasteiger partial charge in [0.2, 0.25) is 0 Å². The van der Waals surface area contributed by atoms with Crippen molar-refractivity contribution in [2.45, 2.75) is 196 Å². The van der Waals surface area contributed by atoms with Crippen LogP contribution in [-0.2, 0) is 24.7 Å². The minimum absolute atomic E-state index is 0.674. The van der Waals surface area contributed by atoms with Crippen molar-refractivity contribution in [2.75, 3.05) is 0 Å². The second-order valence-corrected chi connectivity index (χ2v) is 77.4. The van der Waals surface area contributed by atoms with Crippen LogP contribution in [0.25, 0.3) is 33.4 Å². The van der Waals surface area contributed by atoms with E-state index in [1.165, 1.54) is 0 Å². The second kappa shape index (κ2) is 24.3. The summed E-state index contributed by atoms with van der Waals surface area (Å²) in [5.41, 5.74) is 5.49. The molecule has 0 fully saturated rings. The summed E-state index contributed by atoms with van der Waals surface area (Å²) in [4.78, 5) is 0. The van der Waals surface area contributed by atoms with Crippen LogP contribution in [0.5, 0.6) is 34.5 Å². The van der Waals surface area contributed by atoms with E-state index in [1.807, 2.05) is 18.2 Å². The molecular weight excluding hydrogens is 1180 g/mol. The average Bonchev–Trinajstić information content (AvgIpc) is 3.10. The van der Waals surface area contributed by atoms with Crippen molar-refractivity contribution in [1.29, 1.82) is 0 Å². The molecule has 0 bridgehead atoms. The van der Waals surface area contributed by atoms with Gasteiger partial charge in [-0.1, -0.05) is 0 Å². The van der Waals surface area contributed by atoms with Gasteiger partial charge >= 0.3 is 51.4 Å². The molecule has 0 heterocycles. The summed E-state index contributed by atoms with van der Waals surface area (Å²) in [6.07, 6.45) is 0. The third-order valence-corrected chi connectivity index (χ3v) is 40.9. The molecule has 0 aliphatic heterocycles. The molecule has 0 spiro atoms. The van der Waals surface area contributed by atoms with Crippen LogP contribution in [0.15, 0.2) is 72.8 Å². The molecule has 0 N–H and O–H groups in total. The Hall–Kier alpha value is -1.96. The summed E-state index contributed by atoms with van der Waals surface area (Å²) in [7, 11) is -28.0. The fourth-order valence-electron chi connectivity index (χ4n) is 9.95. The standard InChI is InChI=1S/C54H102O12Si12/c1-67(2,3)61-73(19,20)55-49-34-46(35-50(40-49)56-74(21,22)62-68(4,5)6)43-31-44(47-36-51(57-75(23,24)63-69(7,8)9)41-52(37-47)58-76(25,26)64-70(10,11)12)33-45(32-43)48-38-53(59-77(27,28)65-71(13,14)15)42-54(39-48)60-78(29,30)66-72(16,17)18/h31-42H,1-30H3. The zero-order valence-corrected chi connectivity index (χ0v) is 65.8. The van der Waals surface area contributed by atoms with E-state index < -0.39 is 101 Å². The molecule has 12 nitrogen and oxygen atoms in total. The molecule has 0 radical (unpaired) electrons. The molecule has 0 saturated heterocycles. The van der Waals surface area contributed by atoms with Crippen molar-refractivity contribution >= 4 is 101 Å². The van der Waals surface area contributed by atoms with Gasteiger partial charge in [0.15, 0.2) is 49.9 Å². The van der Waals surface area contributed by atoms with E-state index in [-0.39, 0.29) is 0 Å². The zero-order valence-electron chi connectivity index (χ0n) is 53.8. The first-order valence-corrected chi connectivity index (χ1v) is 64.9. The van der Waals surface area contributed by atoms with E-state index in [0.717, 1.165) is 33.4 Å². The van der Waals surface area contributed by atoms with Gasteiger partial charge in [-0.2, -0.15) is 0 Å². The molecule has 4 rings (SSSR count). The van der Waals surface area contributed by atoms with Crippen molar-refractivity contribution < 1.29 is 51.2 Å². The first-order valence-electron chi connectivity index (χ1n) is 27.6. The van der Waals surface area contributed by atoms with Gasteiger partial charge in [0.1, 0.15) is 34.5 Å². The highest BCUT2D eigenvalue weighted by Crippen LogP contribution is 2.42. The van der Waals surface area contributed by atoms with Gasteiger partial charge in [-0.3, -0.25) is 0 Å². The fourth-order valence-corrected chi connectivity index (χ4v) is 50.5. The largest absolute Gasteiger partial charge is 0.521 e. The molecule has 4 aromatic rings. The third kappa shape index (κ3) is 25.7. The summed E-state index contributed by atoms with van der Waals surface area (Å²) >= 11 is 0. The minimum atomic E-state index is -2.70. The summed E-state index contributed by atoms with van der Waals surface area (Å²) in [5.74, 6) is 4.04. The Morgan fingerprint density at radius 1 is 0.167 bits per heavy atom. The average molecular weight is 1280 g/mol. The van der Waals surface area contributed by atoms with Crippen LogP contribution in [0.2, 0.25) is 196 Å². The molecule has 0 aromatic heterocycles. The Balaban J connectivity index is 2.21. The number of benzene rings is 4. The molecule has 438 valence electrons. The normalized spacial score (nSPS) is 14.1. The topological polar surface area (TPSA) is 111 Å². The minimum Gasteiger partial charge on any atom is -0.521 e. The van der Waals surface area contributed by atoms with E-state index in [4.69, 9.17) is 51.2 Å². The van der Waals surface area contributed by atoms with E-state index >= 15 is 0 Å². The van der Waals surface area contributed by atoms with E-state index in [1.54, 1.807) is 0 Å². The zero-order chi connectivity index (χ0) is 59.9. The van der Waals surface area contributed by atoms with Crippen LogP contribution in [0.4, 0.5) is 0 Å². The smallest absolute Gasteiger partial charge is 0.382 e. The molecule has 24 heteroatoms. The van der Waals surface area contributed by atoms with Crippen LogP contribution in [0.3, 0.4) is 0 Å². The summed E-state index contributed by atoms with van der Waals surface area (Å²) < 4.78 is 82.5. The molecule has 0 aliphatic rings. The quantitative estimate of drug-likeness (QED) is 0.0530. The highest BCUT2D eigenvalue weighted by atomic mass is 28.5. The van der Waals surface area contributed by atoms with E-state index in [9.17, 15) is 0 Å². The van der Waals surface area contributed by atoms with Gasteiger partial charge in [-0.15, -0.1) is 0 Å². The van der Waals surface area contributed by atoms with Gasteiger partial charge in [0, 0.05) is 18.2 Å². The molecule has 0 unspecified atom stereocenters. The van der Waals surface area contributed by atoms with Crippen molar-refractivity contribution in [3.8, 4) is 67.9 Å². The maximum absolute atomic E-state index is 6.98. The summed E-state index contributed by atoms with van der Waals surface area (Å²) in [6.45, 7) is 65.0. The van der Waals surface area contributed by atoms with Gasteiger partial charge < -0.3 is 51.2 Å². The monoisotopic (exact) mass is 1280 g/mol. The maximum Gasteiger partial charge on any atom is 0.382 e. The van der Waals surface area contributed by atoms with Crippen molar-refractivity contribution in [3.63, 3.8) is 0 Å². The number of hydrogen-bond donors (Lipinski definition) is 0. The van der Waals surface area contributed by atoms with Gasteiger partial charge in [-0.05, 0) is 284 Å². The molecule has 78 heavy (non-hydrogen) atoms. The van der Waals surface area contributed by atoms with Crippen LogP contribution in [-0.4, -0.2) is 101 Å². The second-order valence-electron chi connectivity index (χ2n) is 29.2. The molecule has 0 aliphatic carbocycles. The van der Waals surface area contributed by atoms with Crippen LogP contribution >= 0.6 is 0 Å².